The minimum absolute atomic E-state index is 0.0738. The van der Waals surface area contributed by atoms with Crippen LogP contribution in [0.5, 0.6) is 0 Å². The number of aromatic amines is 1. The van der Waals surface area contributed by atoms with Crippen LogP contribution in [0.3, 0.4) is 0 Å². The van der Waals surface area contributed by atoms with Crippen molar-refractivity contribution in [2.45, 2.75) is 39.3 Å². The van der Waals surface area contributed by atoms with Crippen molar-refractivity contribution in [1.82, 2.24) is 20.1 Å². The number of aryl methyl sites for hydroxylation is 1. The highest BCUT2D eigenvalue weighted by Gasteiger charge is 2.14. The monoisotopic (exact) mass is 354 g/mol. The maximum Gasteiger partial charge on any atom is 0.240 e. The SMILES string of the molecule is CCCc1n[nH]c(=S)n1CC(=O)NC(C)c1cccc2ccccc12. The number of aromatic nitrogens is 3. The van der Waals surface area contributed by atoms with Gasteiger partial charge in [0.1, 0.15) is 12.4 Å². The zero-order valence-corrected chi connectivity index (χ0v) is 15.3. The molecule has 0 aliphatic heterocycles. The van der Waals surface area contributed by atoms with Crippen molar-refractivity contribution in [2.24, 2.45) is 0 Å². The molecule has 130 valence electrons. The molecule has 25 heavy (non-hydrogen) atoms. The van der Waals surface area contributed by atoms with Crippen LogP contribution < -0.4 is 5.32 Å². The second-order valence-electron chi connectivity index (χ2n) is 6.14. The number of H-pyrrole nitrogens is 1. The number of fused-ring (bicyclic) bond motifs is 1. The Kier molecular flexibility index (Phi) is 5.28. The predicted molar refractivity (Wildman–Crippen MR) is 102 cm³/mol. The van der Waals surface area contributed by atoms with Crippen LogP contribution in [0.25, 0.3) is 10.8 Å². The topological polar surface area (TPSA) is 62.7 Å². The molecule has 0 spiro atoms. The Morgan fingerprint density at radius 2 is 2.04 bits per heavy atom. The molecule has 1 atom stereocenters. The van der Waals surface area contributed by atoms with E-state index < -0.39 is 0 Å². The van der Waals surface area contributed by atoms with Gasteiger partial charge in [0.15, 0.2) is 4.77 Å². The Balaban J connectivity index is 1.77. The van der Waals surface area contributed by atoms with Gasteiger partial charge in [0.05, 0.1) is 6.04 Å². The van der Waals surface area contributed by atoms with Crippen LogP contribution in [0.4, 0.5) is 0 Å². The molecule has 1 heterocycles. The smallest absolute Gasteiger partial charge is 0.240 e. The Morgan fingerprint density at radius 1 is 1.28 bits per heavy atom. The summed E-state index contributed by atoms with van der Waals surface area (Å²) in [7, 11) is 0. The van der Waals surface area contributed by atoms with Gasteiger partial charge in [-0.25, -0.2) is 0 Å². The van der Waals surface area contributed by atoms with Gasteiger partial charge in [-0.2, -0.15) is 5.10 Å². The molecule has 1 unspecified atom stereocenters. The molecular formula is C19H22N4OS. The molecule has 1 aromatic heterocycles. The molecule has 0 radical (unpaired) electrons. The van der Waals surface area contributed by atoms with Crippen LogP contribution in [-0.4, -0.2) is 20.7 Å². The van der Waals surface area contributed by atoms with Crippen molar-refractivity contribution in [2.75, 3.05) is 0 Å². The first-order chi connectivity index (χ1) is 12.1. The van der Waals surface area contributed by atoms with E-state index >= 15 is 0 Å². The van der Waals surface area contributed by atoms with Gasteiger partial charge in [0.2, 0.25) is 5.91 Å². The number of hydrogen-bond acceptors (Lipinski definition) is 3. The number of benzene rings is 2. The van der Waals surface area contributed by atoms with Crippen molar-refractivity contribution in [3.05, 3.63) is 58.6 Å². The number of amides is 1. The molecule has 6 heteroatoms. The molecule has 0 saturated heterocycles. The zero-order chi connectivity index (χ0) is 17.8. The van der Waals surface area contributed by atoms with E-state index in [1.165, 1.54) is 5.39 Å². The minimum atomic E-state index is -0.0886. The van der Waals surface area contributed by atoms with Gasteiger partial charge in [0, 0.05) is 6.42 Å². The number of carbonyl (C=O) groups is 1. The summed E-state index contributed by atoms with van der Waals surface area (Å²) in [5.41, 5.74) is 1.11. The first-order valence-corrected chi connectivity index (χ1v) is 8.92. The zero-order valence-electron chi connectivity index (χ0n) is 14.5. The molecular weight excluding hydrogens is 332 g/mol. The molecule has 0 aliphatic rings. The molecule has 0 bridgehead atoms. The fourth-order valence-corrected chi connectivity index (χ4v) is 3.28. The van der Waals surface area contributed by atoms with E-state index in [-0.39, 0.29) is 18.5 Å². The lowest BCUT2D eigenvalue weighted by Gasteiger charge is -2.17. The van der Waals surface area contributed by atoms with Gasteiger partial charge in [-0.15, -0.1) is 0 Å². The van der Waals surface area contributed by atoms with Gasteiger partial charge in [-0.3, -0.25) is 14.5 Å². The van der Waals surface area contributed by atoms with Crippen LogP contribution in [0, 0.1) is 4.77 Å². The lowest BCUT2D eigenvalue weighted by molar-refractivity contribution is -0.122. The highest BCUT2D eigenvalue weighted by Crippen LogP contribution is 2.24. The van der Waals surface area contributed by atoms with E-state index in [1.807, 2.05) is 25.1 Å². The second-order valence-corrected chi connectivity index (χ2v) is 6.53. The summed E-state index contributed by atoms with van der Waals surface area (Å²) >= 11 is 5.24. The van der Waals surface area contributed by atoms with Gasteiger partial charge >= 0.3 is 0 Å². The third kappa shape index (κ3) is 3.79. The van der Waals surface area contributed by atoms with Gasteiger partial charge in [-0.05, 0) is 41.9 Å². The average molecular weight is 354 g/mol. The molecule has 5 nitrogen and oxygen atoms in total. The van der Waals surface area contributed by atoms with Gasteiger partial charge in [-0.1, -0.05) is 49.4 Å². The van der Waals surface area contributed by atoms with Crippen molar-refractivity contribution in [1.29, 1.82) is 0 Å². The number of hydrogen-bond donors (Lipinski definition) is 2. The lowest BCUT2D eigenvalue weighted by Crippen LogP contribution is -2.30. The summed E-state index contributed by atoms with van der Waals surface area (Å²) in [6, 6.07) is 14.3. The van der Waals surface area contributed by atoms with Crippen molar-refractivity contribution in [3.63, 3.8) is 0 Å². The Morgan fingerprint density at radius 3 is 2.84 bits per heavy atom. The Bertz CT molecular complexity index is 938. The van der Waals surface area contributed by atoms with Gasteiger partial charge in [0.25, 0.3) is 0 Å². The van der Waals surface area contributed by atoms with E-state index in [2.05, 4.69) is 46.7 Å². The molecule has 3 rings (SSSR count). The number of carbonyl (C=O) groups excluding carboxylic acids is 1. The second kappa shape index (κ2) is 7.61. The van der Waals surface area contributed by atoms with Crippen molar-refractivity contribution in [3.8, 4) is 0 Å². The molecule has 0 fully saturated rings. The minimum Gasteiger partial charge on any atom is -0.348 e. The summed E-state index contributed by atoms with van der Waals surface area (Å²) in [6.45, 7) is 4.26. The summed E-state index contributed by atoms with van der Waals surface area (Å²) in [5, 5.41) is 12.4. The quantitative estimate of drug-likeness (QED) is 0.660. The summed E-state index contributed by atoms with van der Waals surface area (Å²) in [6.07, 6.45) is 1.74. The largest absolute Gasteiger partial charge is 0.348 e. The van der Waals surface area contributed by atoms with Crippen LogP contribution >= 0.6 is 12.2 Å². The molecule has 3 aromatic rings. The van der Waals surface area contributed by atoms with Gasteiger partial charge < -0.3 is 5.32 Å². The number of nitrogens with one attached hydrogen (secondary N) is 2. The average Bonchev–Trinajstić information content (AvgIpc) is 2.95. The van der Waals surface area contributed by atoms with E-state index in [0.29, 0.717) is 4.77 Å². The van der Waals surface area contributed by atoms with Crippen LogP contribution in [-0.2, 0) is 17.8 Å². The van der Waals surface area contributed by atoms with Crippen LogP contribution in [0.15, 0.2) is 42.5 Å². The number of rotatable bonds is 6. The van der Waals surface area contributed by atoms with Crippen LogP contribution in [0.1, 0.15) is 37.7 Å². The maximum absolute atomic E-state index is 12.5. The van der Waals surface area contributed by atoms with Crippen molar-refractivity contribution >= 4 is 28.9 Å². The molecule has 2 N–H and O–H groups in total. The highest BCUT2D eigenvalue weighted by molar-refractivity contribution is 7.71. The van der Waals surface area contributed by atoms with E-state index in [1.54, 1.807) is 4.57 Å². The van der Waals surface area contributed by atoms with E-state index in [4.69, 9.17) is 12.2 Å². The van der Waals surface area contributed by atoms with Crippen molar-refractivity contribution < 1.29 is 4.79 Å². The Hall–Kier alpha value is -2.47. The fraction of sp³-hybridized carbons (Fsp3) is 0.316. The molecule has 0 aliphatic carbocycles. The van der Waals surface area contributed by atoms with E-state index in [0.717, 1.165) is 29.6 Å². The summed E-state index contributed by atoms with van der Waals surface area (Å²) in [4.78, 5) is 12.5. The first kappa shape index (κ1) is 17.4. The Labute approximate surface area is 152 Å². The lowest BCUT2D eigenvalue weighted by atomic mass is 10.00. The summed E-state index contributed by atoms with van der Waals surface area (Å²) in [5.74, 6) is 0.746. The number of nitrogens with zero attached hydrogens (tertiary/aromatic N) is 2. The fourth-order valence-electron chi connectivity index (χ4n) is 3.06. The standard InChI is InChI=1S/C19H22N4OS/c1-3-7-17-21-22-19(25)23(17)12-18(24)20-13(2)15-11-6-9-14-8-4-5-10-16(14)15/h4-6,8-11,13H,3,7,12H2,1-2H3,(H,20,24)(H,22,25). The third-order valence-electron chi connectivity index (χ3n) is 4.28. The summed E-state index contributed by atoms with van der Waals surface area (Å²) < 4.78 is 2.25. The maximum atomic E-state index is 12.5. The molecule has 0 saturated carbocycles. The van der Waals surface area contributed by atoms with E-state index in [9.17, 15) is 4.79 Å². The highest BCUT2D eigenvalue weighted by atomic mass is 32.1. The normalized spacial score (nSPS) is 12.2. The third-order valence-corrected chi connectivity index (χ3v) is 4.59. The predicted octanol–water partition coefficient (Wildman–Crippen LogP) is 3.92. The molecule has 1 amide bonds. The molecule has 2 aromatic carbocycles. The first-order valence-electron chi connectivity index (χ1n) is 8.51. The van der Waals surface area contributed by atoms with Crippen LogP contribution in [0.2, 0.25) is 0 Å².